The summed E-state index contributed by atoms with van der Waals surface area (Å²) in [5.41, 5.74) is 1.49. The summed E-state index contributed by atoms with van der Waals surface area (Å²) in [6.45, 7) is 3.09. The number of hydrogen-bond donors (Lipinski definition) is 1. The number of hydrogen-bond acceptors (Lipinski definition) is 4. The Morgan fingerprint density at radius 3 is 2.60 bits per heavy atom. The van der Waals surface area contributed by atoms with Crippen molar-refractivity contribution in [2.75, 3.05) is 17.7 Å². The first kappa shape index (κ1) is 19.1. The van der Waals surface area contributed by atoms with Crippen molar-refractivity contribution in [1.82, 2.24) is 0 Å². The number of nitrogens with one attached hydrogen (secondary N) is 1. The van der Waals surface area contributed by atoms with Gasteiger partial charge < -0.3 is 10.1 Å². The van der Waals surface area contributed by atoms with Gasteiger partial charge in [0.05, 0.1) is 21.3 Å². The van der Waals surface area contributed by atoms with Crippen LogP contribution in [-0.2, 0) is 20.3 Å². The van der Waals surface area contributed by atoms with Crippen LogP contribution in [0.3, 0.4) is 0 Å². The third-order valence-corrected chi connectivity index (χ3v) is 5.27. The Hall–Kier alpha value is -2.18. The van der Waals surface area contributed by atoms with Gasteiger partial charge in [-0.2, -0.15) is 0 Å². The lowest BCUT2D eigenvalue weighted by Gasteiger charge is -2.11. The summed E-state index contributed by atoms with van der Waals surface area (Å²) < 4.78 is 17.0. The van der Waals surface area contributed by atoms with E-state index in [2.05, 4.69) is 5.32 Å². The van der Waals surface area contributed by atoms with Crippen molar-refractivity contribution in [2.45, 2.75) is 18.7 Å². The van der Waals surface area contributed by atoms with E-state index >= 15 is 0 Å². The second-order valence-corrected chi connectivity index (χ2v) is 7.28. The van der Waals surface area contributed by atoms with Gasteiger partial charge in [0.15, 0.2) is 6.61 Å². The minimum absolute atomic E-state index is 0.203. The first-order chi connectivity index (χ1) is 11.9. The van der Waals surface area contributed by atoms with Gasteiger partial charge in [-0.05, 0) is 36.8 Å². The van der Waals surface area contributed by atoms with E-state index < -0.39 is 29.3 Å². The maximum absolute atomic E-state index is 12.2. The summed E-state index contributed by atoms with van der Waals surface area (Å²) in [5, 5.41) is 3.18. The van der Waals surface area contributed by atoms with Crippen LogP contribution in [0.4, 0.5) is 5.69 Å². The molecule has 0 aliphatic rings. The predicted molar refractivity (Wildman–Crippen MR) is 98.5 cm³/mol. The largest absolute Gasteiger partial charge is 0.452 e. The molecule has 1 N–H and O–H groups in total. The van der Waals surface area contributed by atoms with Crippen LogP contribution >= 0.6 is 11.6 Å². The van der Waals surface area contributed by atoms with Crippen molar-refractivity contribution < 1.29 is 18.5 Å². The molecule has 1 unspecified atom stereocenters. The maximum atomic E-state index is 12.2. The van der Waals surface area contributed by atoms with Crippen LogP contribution < -0.4 is 5.32 Å². The number of carbonyl (C=O) groups is 2. The standard InChI is InChI=1S/C18H18ClNO4S/c1-3-25(23)16-10-5-4-7-13(16)18(22)24-11-17(21)20-15-9-6-8-14(19)12(15)2/h4-10H,3,11H2,1-2H3,(H,20,21). The molecule has 0 bridgehead atoms. The number of amides is 1. The van der Waals surface area contributed by atoms with Crippen LogP contribution in [0.25, 0.3) is 0 Å². The Morgan fingerprint density at radius 2 is 1.88 bits per heavy atom. The van der Waals surface area contributed by atoms with E-state index in [0.29, 0.717) is 21.4 Å². The molecule has 0 saturated carbocycles. The number of benzene rings is 2. The first-order valence-electron chi connectivity index (χ1n) is 7.63. The lowest BCUT2D eigenvalue weighted by Crippen LogP contribution is -2.22. The second kappa shape index (κ2) is 8.78. The molecular weight excluding hydrogens is 362 g/mol. The molecule has 0 saturated heterocycles. The Balaban J connectivity index is 2.02. The molecule has 1 atom stereocenters. The maximum Gasteiger partial charge on any atom is 0.339 e. The summed E-state index contributed by atoms with van der Waals surface area (Å²) in [6, 6.07) is 11.7. The van der Waals surface area contributed by atoms with Gasteiger partial charge in [-0.25, -0.2) is 4.79 Å². The zero-order valence-electron chi connectivity index (χ0n) is 13.9. The summed E-state index contributed by atoms with van der Waals surface area (Å²) in [5.74, 6) is -0.776. The fourth-order valence-corrected chi connectivity index (χ4v) is 3.24. The predicted octanol–water partition coefficient (Wildman–Crippen LogP) is 3.57. The van der Waals surface area contributed by atoms with Crippen LogP contribution in [-0.4, -0.2) is 28.4 Å². The van der Waals surface area contributed by atoms with E-state index in [0.717, 1.165) is 5.56 Å². The van der Waals surface area contributed by atoms with Crippen LogP contribution in [0.5, 0.6) is 0 Å². The van der Waals surface area contributed by atoms with E-state index in [-0.39, 0.29) is 5.56 Å². The molecule has 0 fully saturated rings. The van der Waals surface area contributed by atoms with Gasteiger partial charge in [0.25, 0.3) is 5.91 Å². The second-order valence-electron chi connectivity index (χ2n) is 5.17. The van der Waals surface area contributed by atoms with Gasteiger partial charge >= 0.3 is 5.97 Å². The molecule has 2 aromatic carbocycles. The van der Waals surface area contributed by atoms with Crippen LogP contribution in [0, 0.1) is 6.92 Å². The van der Waals surface area contributed by atoms with Gasteiger partial charge in [-0.1, -0.05) is 36.7 Å². The van der Waals surface area contributed by atoms with Gasteiger partial charge in [0.1, 0.15) is 0 Å². The van der Waals surface area contributed by atoms with Crippen LogP contribution in [0.2, 0.25) is 5.02 Å². The molecule has 0 heterocycles. The number of anilines is 1. The Morgan fingerprint density at radius 1 is 1.16 bits per heavy atom. The van der Waals surface area contributed by atoms with Crippen molar-refractivity contribution in [3.8, 4) is 0 Å². The lowest BCUT2D eigenvalue weighted by atomic mass is 10.2. The monoisotopic (exact) mass is 379 g/mol. The lowest BCUT2D eigenvalue weighted by molar-refractivity contribution is -0.119. The topological polar surface area (TPSA) is 72.5 Å². The smallest absolute Gasteiger partial charge is 0.339 e. The number of ether oxygens (including phenoxy) is 1. The van der Waals surface area contributed by atoms with Crippen molar-refractivity contribution >= 4 is 40.0 Å². The zero-order valence-corrected chi connectivity index (χ0v) is 15.4. The van der Waals surface area contributed by atoms with Crippen molar-refractivity contribution in [2.24, 2.45) is 0 Å². The molecular formula is C18H18ClNO4S. The summed E-state index contributed by atoms with van der Waals surface area (Å²) >= 11 is 6.00. The number of esters is 1. The molecule has 2 rings (SSSR count). The van der Waals surface area contributed by atoms with Crippen LogP contribution in [0.1, 0.15) is 22.8 Å². The Kier molecular flexibility index (Phi) is 6.73. The van der Waals surface area contributed by atoms with E-state index in [9.17, 15) is 13.8 Å². The van der Waals surface area contributed by atoms with Crippen molar-refractivity contribution in [3.05, 3.63) is 58.6 Å². The number of halogens is 1. The third kappa shape index (κ3) is 4.90. The zero-order chi connectivity index (χ0) is 18.4. The molecule has 2 aromatic rings. The average Bonchev–Trinajstić information content (AvgIpc) is 2.63. The van der Waals surface area contributed by atoms with Gasteiger partial charge in [-0.3, -0.25) is 9.00 Å². The van der Waals surface area contributed by atoms with Crippen molar-refractivity contribution in [3.63, 3.8) is 0 Å². The molecule has 0 aromatic heterocycles. The molecule has 25 heavy (non-hydrogen) atoms. The van der Waals surface area contributed by atoms with Gasteiger partial charge in [-0.15, -0.1) is 0 Å². The fraction of sp³-hybridized carbons (Fsp3) is 0.222. The van der Waals surface area contributed by atoms with E-state index in [1.54, 1.807) is 50.2 Å². The van der Waals surface area contributed by atoms with E-state index in [1.165, 1.54) is 6.07 Å². The minimum Gasteiger partial charge on any atom is -0.452 e. The number of rotatable bonds is 6. The first-order valence-corrected chi connectivity index (χ1v) is 9.33. The molecule has 132 valence electrons. The fourth-order valence-electron chi connectivity index (χ4n) is 2.13. The van der Waals surface area contributed by atoms with Crippen LogP contribution in [0.15, 0.2) is 47.4 Å². The summed E-state index contributed by atoms with van der Waals surface area (Å²) in [4.78, 5) is 24.6. The molecule has 7 heteroatoms. The molecule has 0 aliphatic carbocycles. The highest BCUT2D eigenvalue weighted by molar-refractivity contribution is 7.85. The van der Waals surface area contributed by atoms with E-state index in [1.807, 2.05) is 0 Å². The third-order valence-electron chi connectivity index (χ3n) is 3.49. The van der Waals surface area contributed by atoms with E-state index in [4.69, 9.17) is 16.3 Å². The average molecular weight is 380 g/mol. The molecule has 1 amide bonds. The summed E-state index contributed by atoms with van der Waals surface area (Å²) in [7, 11) is -1.29. The van der Waals surface area contributed by atoms with Crippen molar-refractivity contribution in [1.29, 1.82) is 0 Å². The molecule has 0 radical (unpaired) electrons. The highest BCUT2D eigenvalue weighted by Crippen LogP contribution is 2.22. The molecule has 5 nitrogen and oxygen atoms in total. The minimum atomic E-state index is -1.29. The number of carbonyl (C=O) groups excluding carboxylic acids is 2. The SMILES string of the molecule is CCS(=O)c1ccccc1C(=O)OCC(=O)Nc1cccc(Cl)c1C. The van der Waals surface area contributed by atoms with Gasteiger partial charge in [0.2, 0.25) is 0 Å². The quantitative estimate of drug-likeness (QED) is 0.779. The molecule has 0 aliphatic heterocycles. The van der Waals surface area contributed by atoms with Gasteiger partial charge in [0, 0.05) is 16.5 Å². The highest BCUT2D eigenvalue weighted by atomic mass is 35.5. The normalized spacial score (nSPS) is 11.6. The Labute approximate surface area is 153 Å². The summed E-state index contributed by atoms with van der Waals surface area (Å²) in [6.07, 6.45) is 0. The molecule has 0 spiro atoms. The highest BCUT2D eigenvalue weighted by Gasteiger charge is 2.17. The Bertz CT molecular complexity index is 822.